The summed E-state index contributed by atoms with van der Waals surface area (Å²) in [5, 5.41) is 17.8. The molecule has 0 atom stereocenters. The standard InChI is InChI=1S/C20H12N2O2/c21-13-15-3-1-5-19(11-15)23-17-7-9-18(10-8-17)24-20-6-2-4-16(12-20)14-22/h1-12H. The highest BCUT2D eigenvalue weighted by atomic mass is 16.5. The van der Waals surface area contributed by atoms with Crippen LogP contribution in [-0.4, -0.2) is 0 Å². The van der Waals surface area contributed by atoms with Crippen LogP contribution in [0.15, 0.2) is 72.8 Å². The van der Waals surface area contributed by atoms with Crippen molar-refractivity contribution < 1.29 is 9.47 Å². The number of ether oxygens (including phenoxy) is 2. The van der Waals surface area contributed by atoms with Crippen molar-refractivity contribution in [2.24, 2.45) is 0 Å². The lowest BCUT2D eigenvalue weighted by Crippen LogP contribution is -1.87. The molecule has 0 aliphatic heterocycles. The summed E-state index contributed by atoms with van der Waals surface area (Å²) in [6.07, 6.45) is 0. The molecule has 0 amide bonds. The average Bonchev–Trinajstić information content (AvgIpc) is 2.64. The van der Waals surface area contributed by atoms with Gasteiger partial charge in [0.1, 0.15) is 23.0 Å². The van der Waals surface area contributed by atoms with E-state index in [-0.39, 0.29) is 0 Å². The van der Waals surface area contributed by atoms with Gasteiger partial charge in [-0.25, -0.2) is 0 Å². The Bertz CT molecular complexity index is 856. The lowest BCUT2D eigenvalue weighted by molar-refractivity contribution is 0.469. The zero-order chi connectivity index (χ0) is 16.8. The number of benzene rings is 3. The van der Waals surface area contributed by atoms with Crippen LogP contribution in [0.25, 0.3) is 0 Å². The Hall–Kier alpha value is -3.76. The number of nitrogens with zero attached hydrogens (tertiary/aromatic N) is 2. The highest BCUT2D eigenvalue weighted by molar-refractivity contribution is 5.42. The highest BCUT2D eigenvalue weighted by Crippen LogP contribution is 2.27. The Morgan fingerprint density at radius 3 is 1.33 bits per heavy atom. The summed E-state index contributed by atoms with van der Waals surface area (Å²) in [5.74, 6) is 2.49. The van der Waals surface area contributed by atoms with Crippen LogP contribution in [-0.2, 0) is 0 Å². The molecule has 0 radical (unpaired) electrons. The van der Waals surface area contributed by atoms with Gasteiger partial charge in [-0.1, -0.05) is 12.1 Å². The Morgan fingerprint density at radius 2 is 0.958 bits per heavy atom. The van der Waals surface area contributed by atoms with Crippen LogP contribution < -0.4 is 9.47 Å². The fourth-order valence-corrected chi connectivity index (χ4v) is 2.11. The van der Waals surface area contributed by atoms with Crippen LogP contribution in [0.2, 0.25) is 0 Å². The van der Waals surface area contributed by atoms with Gasteiger partial charge in [0, 0.05) is 0 Å². The van der Waals surface area contributed by atoms with E-state index in [0.717, 1.165) is 0 Å². The van der Waals surface area contributed by atoms with Crippen LogP contribution in [0.3, 0.4) is 0 Å². The molecule has 0 aromatic heterocycles. The molecule has 3 aromatic carbocycles. The van der Waals surface area contributed by atoms with E-state index < -0.39 is 0 Å². The fourth-order valence-electron chi connectivity index (χ4n) is 2.11. The Labute approximate surface area is 139 Å². The first-order chi connectivity index (χ1) is 11.8. The lowest BCUT2D eigenvalue weighted by atomic mass is 10.2. The van der Waals surface area contributed by atoms with Crippen molar-refractivity contribution in [3.8, 4) is 35.1 Å². The quantitative estimate of drug-likeness (QED) is 0.679. The first-order valence-corrected chi connectivity index (χ1v) is 7.23. The molecule has 4 nitrogen and oxygen atoms in total. The maximum Gasteiger partial charge on any atom is 0.128 e. The number of rotatable bonds is 4. The summed E-state index contributed by atoms with van der Waals surface area (Å²) in [4.78, 5) is 0. The second-order valence-electron chi connectivity index (χ2n) is 4.95. The summed E-state index contributed by atoms with van der Waals surface area (Å²) < 4.78 is 11.4. The van der Waals surface area contributed by atoms with Crippen LogP contribution in [0.1, 0.15) is 11.1 Å². The molecule has 0 bridgehead atoms. The summed E-state index contributed by atoms with van der Waals surface area (Å²) in [6, 6.07) is 25.2. The Kier molecular flexibility index (Phi) is 4.42. The average molecular weight is 312 g/mol. The molecular formula is C20H12N2O2. The van der Waals surface area contributed by atoms with Gasteiger partial charge in [0.05, 0.1) is 23.3 Å². The first kappa shape index (κ1) is 15.1. The smallest absolute Gasteiger partial charge is 0.128 e. The molecular weight excluding hydrogens is 300 g/mol. The third-order valence-corrected chi connectivity index (χ3v) is 3.22. The van der Waals surface area contributed by atoms with E-state index in [9.17, 15) is 0 Å². The maximum atomic E-state index is 8.90. The molecule has 4 heteroatoms. The van der Waals surface area contributed by atoms with Crippen molar-refractivity contribution in [2.45, 2.75) is 0 Å². The number of hydrogen-bond acceptors (Lipinski definition) is 4. The van der Waals surface area contributed by atoms with E-state index in [2.05, 4.69) is 12.1 Å². The van der Waals surface area contributed by atoms with Crippen molar-refractivity contribution in [1.82, 2.24) is 0 Å². The van der Waals surface area contributed by atoms with Gasteiger partial charge < -0.3 is 9.47 Å². The molecule has 0 unspecified atom stereocenters. The van der Waals surface area contributed by atoms with Crippen LogP contribution in [0.4, 0.5) is 0 Å². The number of nitriles is 2. The van der Waals surface area contributed by atoms with Crippen LogP contribution >= 0.6 is 0 Å². The fraction of sp³-hybridized carbons (Fsp3) is 0. The zero-order valence-corrected chi connectivity index (χ0v) is 12.6. The third-order valence-electron chi connectivity index (χ3n) is 3.22. The van der Waals surface area contributed by atoms with Gasteiger partial charge in [-0.15, -0.1) is 0 Å². The van der Waals surface area contributed by atoms with Gasteiger partial charge in [-0.3, -0.25) is 0 Å². The van der Waals surface area contributed by atoms with Crippen molar-refractivity contribution in [3.63, 3.8) is 0 Å². The molecule has 0 aliphatic rings. The minimum atomic E-state index is 0.546. The molecule has 0 heterocycles. The maximum absolute atomic E-state index is 8.90. The second-order valence-corrected chi connectivity index (χ2v) is 4.95. The predicted octanol–water partition coefficient (Wildman–Crippen LogP) is 5.01. The van der Waals surface area contributed by atoms with E-state index in [1.54, 1.807) is 72.8 Å². The minimum absolute atomic E-state index is 0.546. The van der Waals surface area contributed by atoms with Crippen LogP contribution in [0, 0.1) is 22.7 Å². The summed E-state index contributed by atoms with van der Waals surface area (Å²) in [5.41, 5.74) is 1.09. The summed E-state index contributed by atoms with van der Waals surface area (Å²) >= 11 is 0. The van der Waals surface area contributed by atoms with E-state index in [1.165, 1.54) is 0 Å². The Balaban J connectivity index is 1.71. The van der Waals surface area contributed by atoms with Gasteiger partial charge in [0.15, 0.2) is 0 Å². The predicted molar refractivity (Wildman–Crippen MR) is 88.9 cm³/mol. The van der Waals surface area contributed by atoms with E-state index in [4.69, 9.17) is 20.0 Å². The first-order valence-electron chi connectivity index (χ1n) is 7.23. The van der Waals surface area contributed by atoms with Crippen molar-refractivity contribution in [2.75, 3.05) is 0 Å². The molecule has 24 heavy (non-hydrogen) atoms. The molecule has 3 rings (SSSR count). The van der Waals surface area contributed by atoms with Gasteiger partial charge in [-0.05, 0) is 60.7 Å². The summed E-state index contributed by atoms with van der Waals surface area (Å²) in [6.45, 7) is 0. The third kappa shape index (κ3) is 3.71. The molecule has 0 saturated carbocycles. The van der Waals surface area contributed by atoms with Crippen LogP contribution in [0.5, 0.6) is 23.0 Å². The second kappa shape index (κ2) is 7.00. The topological polar surface area (TPSA) is 66.0 Å². The molecule has 114 valence electrons. The van der Waals surface area contributed by atoms with Crippen molar-refractivity contribution in [1.29, 1.82) is 10.5 Å². The molecule has 0 fully saturated rings. The van der Waals surface area contributed by atoms with E-state index >= 15 is 0 Å². The van der Waals surface area contributed by atoms with Crippen molar-refractivity contribution >= 4 is 0 Å². The van der Waals surface area contributed by atoms with Gasteiger partial charge in [0.2, 0.25) is 0 Å². The van der Waals surface area contributed by atoms with Crippen molar-refractivity contribution in [3.05, 3.63) is 83.9 Å². The van der Waals surface area contributed by atoms with E-state index in [1.807, 2.05) is 0 Å². The molecule has 3 aromatic rings. The molecule has 0 N–H and O–H groups in total. The SMILES string of the molecule is N#Cc1cccc(Oc2ccc(Oc3cccc(C#N)c3)cc2)c1. The number of hydrogen-bond donors (Lipinski definition) is 0. The largest absolute Gasteiger partial charge is 0.457 e. The molecule has 0 spiro atoms. The molecule has 0 saturated heterocycles. The van der Waals surface area contributed by atoms with Gasteiger partial charge in [-0.2, -0.15) is 10.5 Å². The Morgan fingerprint density at radius 1 is 0.542 bits per heavy atom. The normalized spacial score (nSPS) is 9.58. The van der Waals surface area contributed by atoms with E-state index in [0.29, 0.717) is 34.1 Å². The molecule has 0 aliphatic carbocycles. The summed E-state index contributed by atoms with van der Waals surface area (Å²) in [7, 11) is 0. The zero-order valence-electron chi connectivity index (χ0n) is 12.6. The lowest BCUT2D eigenvalue weighted by Gasteiger charge is -2.08. The monoisotopic (exact) mass is 312 g/mol. The van der Waals surface area contributed by atoms with Gasteiger partial charge >= 0.3 is 0 Å². The minimum Gasteiger partial charge on any atom is -0.457 e. The highest BCUT2D eigenvalue weighted by Gasteiger charge is 2.02. The van der Waals surface area contributed by atoms with Gasteiger partial charge in [0.25, 0.3) is 0 Å².